The number of amides is 1. The van der Waals surface area contributed by atoms with E-state index in [2.05, 4.69) is 10.1 Å². The Bertz CT molecular complexity index is 424. The molecule has 1 amide bonds. The van der Waals surface area contributed by atoms with Crippen LogP contribution in [-0.2, 0) is 9.53 Å². The van der Waals surface area contributed by atoms with Gasteiger partial charge >= 0.3 is 5.97 Å². The van der Waals surface area contributed by atoms with Crippen molar-refractivity contribution < 1.29 is 14.3 Å². The Morgan fingerprint density at radius 2 is 2.11 bits per heavy atom. The standard InChI is InChI=1S/C12H16N2O3.ClH/c1-3-10(13)11(15)14-9-6-4-5-8(7-9)12(16)17-2;/h4-7,10H,3,13H2,1-2H3,(H,14,15);1H/t10-;/m0./s1. The van der Waals surface area contributed by atoms with Gasteiger partial charge in [0, 0.05) is 5.69 Å². The second kappa shape index (κ2) is 7.68. The maximum absolute atomic E-state index is 11.5. The summed E-state index contributed by atoms with van der Waals surface area (Å²) in [5.74, 6) is -0.713. The average molecular weight is 273 g/mol. The Morgan fingerprint density at radius 1 is 1.44 bits per heavy atom. The number of hydrogen-bond donors (Lipinski definition) is 2. The van der Waals surface area contributed by atoms with Crippen molar-refractivity contribution in [1.82, 2.24) is 0 Å². The zero-order chi connectivity index (χ0) is 12.8. The molecule has 0 aliphatic rings. The van der Waals surface area contributed by atoms with Gasteiger partial charge < -0.3 is 15.8 Å². The van der Waals surface area contributed by atoms with Crippen LogP contribution in [0.25, 0.3) is 0 Å². The SMILES string of the molecule is CC[C@H](N)C(=O)Nc1cccc(C(=O)OC)c1.Cl. The van der Waals surface area contributed by atoms with Crippen LogP contribution in [0.4, 0.5) is 5.69 Å². The van der Waals surface area contributed by atoms with Crippen LogP contribution in [0.3, 0.4) is 0 Å². The summed E-state index contributed by atoms with van der Waals surface area (Å²) in [6.45, 7) is 1.83. The van der Waals surface area contributed by atoms with E-state index in [1.54, 1.807) is 24.3 Å². The van der Waals surface area contributed by atoms with Crippen LogP contribution in [-0.4, -0.2) is 25.0 Å². The summed E-state index contributed by atoms with van der Waals surface area (Å²) in [6, 6.07) is 5.97. The smallest absolute Gasteiger partial charge is 0.337 e. The van der Waals surface area contributed by atoms with E-state index < -0.39 is 12.0 Å². The molecule has 1 atom stereocenters. The third-order valence-corrected chi connectivity index (χ3v) is 2.33. The number of esters is 1. The minimum Gasteiger partial charge on any atom is -0.465 e. The van der Waals surface area contributed by atoms with E-state index >= 15 is 0 Å². The van der Waals surface area contributed by atoms with E-state index in [0.29, 0.717) is 17.7 Å². The topological polar surface area (TPSA) is 81.4 Å². The first kappa shape index (κ1) is 16.4. The number of ether oxygens (including phenoxy) is 1. The lowest BCUT2D eigenvalue weighted by molar-refractivity contribution is -0.117. The van der Waals surface area contributed by atoms with Crippen LogP contribution in [0.15, 0.2) is 24.3 Å². The highest BCUT2D eigenvalue weighted by Crippen LogP contribution is 2.11. The van der Waals surface area contributed by atoms with Crippen LogP contribution in [0, 0.1) is 0 Å². The fourth-order valence-electron chi connectivity index (χ4n) is 1.26. The molecule has 0 radical (unpaired) electrons. The van der Waals surface area contributed by atoms with Crippen LogP contribution in [0.2, 0.25) is 0 Å². The van der Waals surface area contributed by atoms with Crippen molar-refractivity contribution in [3.05, 3.63) is 29.8 Å². The normalized spacial score (nSPS) is 11.1. The van der Waals surface area contributed by atoms with Crippen LogP contribution in [0.1, 0.15) is 23.7 Å². The number of methoxy groups -OCH3 is 1. The van der Waals surface area contributed by atoms with Gasteiger partial charge in [0.05, 0.1) is 18.7 Å². The molecule has 1 aromatic carbocycles. The number of hydrogen-bond acceptors (Lipinski definition) is 4. The highest BCUT2D eigenvalue weighted by atomic mass is 35.5. The molecule has 0 bridgehead atoms. The number of halogens is 1. The van der Waals surface area contributed by atoms with Gasteiger partial charge in [-0.15, -0.1) is 12.4 Å². The second-order valence-corrected chi connectivity index (χ2v) is 3.58. The van der Waals surface area contributed by atoms with Crippen LogP contribution >= 0.6 is 12.4 Å². The highest BCUT2D eigenvalue weighted by Gasteiger charge is 2.12. The van der Waals surface area contributed by atoms with Crippen molar-refractivity contribution in [1.29, 1.82) is 0 Å². The molecule has 0 aliphatic heterocycles. The molecule has 0 fully saturated rings. The fourth-order valence-corrected chi connectivity index (χ4v) is 1.26. The van der Waals surface area contributed by atoms with Crippen molar-refractivity contribution in [3.8, 4) is 0 Å². The molecular formula is C12H17ClN2O3. The molecule has 18 heavy (non-hydrogen) atoms. The summed E-state index contributed by atoms with van der Waals surface area (Å²) in [6.07, 6.45) is 0.558. The van der Waals surface area contributed by atoms with Crippen molar-refractivity contribution in [2.24, 2.45) is 5.73 Å². The highest BCUT2D eigenvalue weighted by molar-refractivity contribution is 5.96. The van der Waals surface area contributed by atoms with Crippen molar-refractivity contribution >= 4 is 30.0 Å². The van der Waals surface area contributed by atoms with Crippen molar-refractivity contribution in [2.45, 2.75) is 19.4 Å². The molecule has 3 N–H and O–H groups in total. The Morgan fingerprint density at radius 3 is 2.67 bits per heavy atom. The largest absolute Gasteiger partial charge is 0.465 e. The average Bonchev–Trinajstić information content (AvgIpc) is 2.37. The van der Waals surface area contributed by atoms with Gasteiger partial charge in [-0.3, -0.25) is 4.79 Å². The lowest BCUT2D eigenvalue weighted by Crippen LogP contribution is -2.34. The number of nitrogens with one attached hydrogen (secondary N) is 1. The van der Waals surface area contributed by atoms with E-state index in [9.17, 15) is 9.59 Å². The summed E-state index contributed by atoms with van der Waals surface area (Å²) >= 11 is 0. The quantitative estimate of drug-likeness (QED) is 0.815. The van der Waals surface area contributed by atoms with Crippen LogP contribution < -0.4 is 11.1 Å². The number of rotatable bonds is 4. The molecule has 0 unspecified atom stereocenters. The predicted octanol–water partition coefficient (Wildman–Crippen LogP) is 1.57. The van der Waals surface area contributed by atoms with Gasteiger partial charge in [0.25, 0.3) is 0 Å². The lowest BCUT2D eigenvalue weighted by Gasteiger charge is -2.10. The third-order valence-electron chi connectivity index (χ3n) is 2.33. The maximum Gasteiger partial charge on any atom is 0.337 e. The van der Waals surface area contributed by atoms with Gasteiger partial charge in [0.15, 0.2) is 0 Å². The Kier molecular flexibility index (Phi) is 7.00. The van der Waals surface area contributed by atoms with Gasteiger partial charge in [-0.1, -0.05) is 13.0 Å². The first-order valence-electron chi connectivity index (χ1n) is 5.33. The second-order valence-electron chi connectivity index (χ2n) is 3.58. The molecule has 0 saturated carbocycles. The van der Waals surface area contributed by atoms with E-state index in [-0.39, 0.29) is 18.3 Å². The molecule has 0 aromatic heterocycles. The molecule has 100 valence electrons. The Balaban J connectivity index is 0.00000289. The summed E-state index contributed by atoms with van der Waals surface area (Å²) in [5, 5.41) is 2.64. The summed E-state index contributed by atoms with van der Waals surface area (Å²) in [7, 11) is 1.31. The number of anilines is 1. The minimum absolute atomic E-state index is 0. The first-order valence-corrected chi connectivity index (χ1v) is 5.33. The Labute approximate surface area is 112 Å². The zero-order valence-corrected chi connectivity index (χ0v) is 11.1. The zero-order valence-electron chi connectivity index (χ0n) is 10.3. The van der Waals surface area contributed by atoms with Gasteiger partial charge in [-0.05, 0) is 24.6 Å². The molecule has 6 heteroatoms. The molecule has 1 rings (SSSR count). The number of carbonyl (C=O) groups is 2. The molecule has 0 spiro atoms. The minimum atomic E-state index is -0.545. The monoisotopic (exact) mass is 272 g/mol. The lowest BCUT2D eigenvalue weighted by atomic mass is 10.2. The molecule has 0 aliphatic carbocycles. The summed E-state index contributed by atoms with van der Waals surface area (Å²) in [4.78, 5) is 22.8. The summed E-state index contributed by atoms with van der Waals surface area (Å²) < 4.78 is 4.59. The first-order chi connectivity index (χ1) is 8.08. The van der Waals surface area contributed by atoms with Crippen LogP contribution in [0.5, 0.6) is 0 Å². The van der Waals surface area contributed by atoms with E-state index in [0.717, 1.165) is 0 Å². The molecule has 0 heterocycles. The predicted molar refractivity (Wildman–Crippen MR) is 71.9 cm³/mol. The Hall–Kier alpha value is -1.59. The number of benzene rings is 1. The molecule has 0 saturated heterocycles. The van der Waals surface area contributed by atoms with Crippen molar-refractivity contribution in [2.75, 3.05) is 12.4 Å². The van der Waals surface area contributed by atoms with Crippen molar-refractivity contribution in [3.63, 3.8) is 0 Å². The number of nitrogens with two attached hydrogens (primary N) is 1. The van der Waals surface area contributed by atoms with Gasteiger partial charge in [0.1, 0.15) is 0 Å². The van der Waals surface area contributed by atoms with Gasteiger partial charge in [-0.2, -0.15) is 0 Å². The fraction of sp³-hybridized carbons (Fsp3) is 0.333. The molecule has 1 aromatic rings. The molecule has 5 nitrogen and oxygen atoms in total. The maximum atomic E-state index is 11.5. The number of carbonyl (C=O) groups excluding carboxylic acids is 2. The summed E-state index contributed by atoms with van der Waals surface area (Å²) in [5.41, 5.74) is 6.50. The van der Waals surface area contributed by atoms with E-state index in [1.807, 2.05) is 6.92 Å². The van der Waals surface area contributed by atoms with E-state index in [1.165, 1.54) is 7.11 Å². The van der Waals surface area contributed by atoms with Gasteiger partial charge in [-0.25, -0.2) is 4.79 Å². The van der Waals surface area contributed by atoms with E-state index in [4.69, 9.17) is 5.73 Å². The van der Waals surface area contributed by atoms with Gasteiger partial charge in [0.2, 0.25) is 5.91 Å². The third kappa shape index (κ3) is 4.35. The molecular weight excluding hydrogens is 256 g/mol.